The maximum absolute atomic E-state index is 12.4. The van der Waals surface area contributed by atoms with Gasteiger partial charge >= 0.3 is 0 Å². The predicted octanol–water partition coefficient (Wildman–Crippen LogP) is 1.55. The molecule has 0 amide bonds. The van der Waals surface area contributed by atoms with Gasteiger partial charge in [0.1, 0.15) is 0 Å². The highest BCUT2D eigenvalue weighted by molar-refractivity contribution is 7.89. The fraction of sp³-hybridized carbons (Fsp3) is 0.571. The third-order valence-corrected chi connectivity index (χ3v) is 4.67. The molecule has 1 aromatic rings. The fourth-order valence-electron chi connectivity index (χ4n) is 1.96. The van der Waals surface area contributed by atoms with Gasteiger partial charge in [-0.1, -0.05) is 12.1 Å². The summed E-state index contributed by atoms with van der Waals surface area (Å²) in [5.74, 6) is 0. The molecule has 0 saturated carbocycles. The lowest BCUT2D eigenvalue weighted by Crippen LogP contribution is -2.40. The van der Waals surface area contributed by atoms with Crippen LogP contribution in [0.4, 0.5) is 0 Å². The van der Waals surface area contributed by atoms with E-state index in [4.69, 9.17) is 10.5 Å². The summed E-state index contributed by atoms with van der Waals surface area (Å²) < 4.78 is 32.8. The first-order valence-electron chi connectivity index (χ1n) is 6.65. The molecule has 5 nitrogen and oxygen atoms in total. The average Bonchev–Trinajstić information content (AvgIpc) is 2.37. The predicted molar refractivity (Wildman–Crippen MR) is 80.0 cm³/mol. The van der Waals surface area contributed by atoms with E-state index in [0.29, 0.717) is 18.7 Å². The van der Waals surface area contributed by atoms with Crippen molar-refractivity contribution >= 4 is 10.0 Å². The van der Waals surface area contributed by atoms with Crippen molar-refractivity contribution in [2.24, 2.45) is 5.73 Å². The Balaban J connectivity index is 2.95. The van der Waals surface area contributed by atoms with Gasteiger partial charge in [-0.25, -0.2) is 13.1 Å². The number of sulfonamides is 1. The van der Waals surface area contributed by atoms with E-state index in [1.54, 1.807) is 19.1 Å². The summed E-state index contributed by atoms with van der Waals surface area (Å²) in [6.07, 6.45) is 0. The Bertz CT molecular complexity index is 554. The van der Waals surface area contributed by atoms with Gasteiger partial charge in [-0.05, 0) is 44.9 Å². The molecular weight excluding hydrogens is 276 g/mol. The van der Waals surface area contributed by atoms with E-state index in [2.05, 4.69) is 4.72 Å². The molecule has 20 heavy (non-hydrogen) atoms. The minimum atomic E-state index is -3.56. The molecule has 1 rings (SSSR count). The Kier molecular flexibility index (Phi) is 5.70. The van der Waals surface area contributed by atoms with Crippen molar-refractivity contribution in [3.63, 3.8) is 0 Å². The smallest absolute Gasteiger partial charge is 0.240 e. The molecule has 0 aliphatic rings. The molecular formula is C14H24N2O3S. The van der Waals surface area contributed by atoms with Crippen LogP contribution in [0.3, 0.4) is 0 Å². The summed E-state index contributed by atoms with van der Waals surface area (Å²) in [7, 11) is -3.56. The summed E-state index contributed by atoms with van der Waals surface area (Å²) in [6, 6.07) is 5.13. The van der Waals surface area contributed by atoms with E-state index in [1.165, 1.54) is 0 Å². The Morgan fingerprint density at radius 1 is 1.35 bits per heavy atom. The second-order valence-electron chi connectivity index (χ2n) is 5.26. The molecule has 0 heterocycles. The van der Waals surface area contributed by atoms with Gasteiger partial charge in [-0.3, -0.25) is 0 Å². The van der Waals surface area contributed by atoms with Crippen LogP contribution in [-0.2, 0) is 21.3 Å². The molecule has 0 aliphatic heterocycles. The van der Waals surface area contributed by atoms with Crippen LogP contribution in [0.2, 0.25) is 0 Å². The highest BCUT2D eigenvalue weighted by Gasteiger charge is 2.23. The van der Waals surface area contributed by atoms with Gasteiger partial charge in [0.25, 0.3) is 0 Å². The summed E-state index contributed by atoms with van der Waals surface area (Å²) >= 11 is 0. The monoisotopic (exact) mass is 300 g/mol. The molecule has 6 heteroatoms. The van der Waals surface area contributed by atoms with Gasteiger partial charge in [0.05, 0.1) is 10.5 Å². The highest BCUT2D eigenvalue weighted by atomic mass is 32.2. The van der Waals surface area contributed by atoms with Crippen molar-refractivity contribution < 1.29 is 13.2 Å². The van der Waals surface area contributed by atoms with Crippen molar-refractivity contribution in [3.05, 3.63) is 29.3 Å². The molecule has 0 radical (unpaired) electrons. The third kappa shape index (κ3) is 4.28. The van der Waals surface area contributed by atoms with E-state index in [0.717, 1.165) is 5.56 Å². The molecule has 0 unspecified atom stereocenters. The highest BCUT2D eigenvalue weighted by Crippen LogP contribution is 2.19. The molecule has 114 valence electrons. The second-order valence-corrected chi connectivity index (χ2v) is 7.00. The van der Waals surface area contributed by atoms with Crippen molar-refractivity contribution in [2.45, 2.75) is 44.7 Å². The van der Waals surface area contributed by atoms with Gasteiger partial charge in [0.15, 0.2) is 0 Å². The number of ether oxygens (including phenoxy) is 1. The van der Waals surface area contributed by atoms with Gasteiger partial charge < -0.3 is 10.5 Å². The lowest BCUT2D eigenvalue weighted by molar-refractivity contribution is -0.00515. The van der Waals surface area contributed by atoms with Crippen molar-refractivity contribution in [1.82, 2.24) is 4.72 Å². The van der Waals surface area contributed by atoms with Crippen molar-refractivity contribution in [3.8, 4) is 0 Å². The number of nitrogens with two attached hydrogens (primary N) is 1. The molecule has 0 fully saturated rings. The Hall–Kier alpha value is -0.950. The minimum Gasteiger partial charge on any atom is -0.375 e. The van der Waals surface area contributed by atoms with Gasteiger partial charge in [-0.2, -0.15) is 0 Å². The first kappa shape index (κ1) is 17.1. The van der Waals surface area contributed by atoms with E-state index in [-0.39, 0.29) is 11.4 Å². The van der Waals surface area contributed by atoms with E-state index >= 15 is 0 Å². The topological polar surface area (TPSA) is 81.4 Å². The van der Waals surface area contributed by atoms with Crippen LogP contribution in [-0.4, -0.2) is 27.2 Å². The summed E-state index contributed by atoms with van der Waals surface area (Å²) in [4.78, 5) is 0.271. The van der Waals surface area contributed by atoms with Crippen molar-refractivity contribution in [2.75, 3.05) is 13.2 Å². The maximum atomic E-state index is 12.4. The Labute approximate surface area is 121 Å². The quantitative estimate of drug-likeness (QED) is 0.800. The number of rotatable bonds is 7. The Morgan fingerprint density at radius 3 is 2.55 bits per heavy atom. The third-order valence-electron chi connectivity index (χ3n) is 3.13. The van der Waals surface area contributed by atoms with Gasteiger partial charge in [0.2, 0.25) is 10.0 Å². The van der Waals surface area contributed by atoms with Crippen LogP contribution in [0.5, 0.6) is 0 Å². The number of hydrogen-bond donors (Lipinski definition) is 2. The number of hydrogen-bond acceptors (Lipinski definition) is 4. The lowest BCUT2D eigenvalue weighted by Gasteiger charge is -2.25. The van der Waals surface area contributed by atoms with Crippen LogP contribution < -0.4 is 10.5 Å². The normalized spacial score (nSPS) is 12.7. The van der Waals surface area contributed by atoms with E-state index in [1.807, 2.05) is 26.8 Å². The number of benzene rings is 1. The van der Waals surface area contributed by atoms with Gasteiger partial charge in [-0.15, -0.1) is 0 Å². The first-order valence-corrected chi connectivity index (χ1v) is 8.14. The average molecular weight is 300 g/mol. The van der Waals surface area contributed by atoms with Gasteiger partial charge in [0, 0.05) is 19.7 Å². The SMILES string of the molecule is CCOC(C)(C)CNS(=O)(=O)c1cccc(CN)c1C. The molecule has 0 spiro atoms. The molecule has 0 atom stereocenters. The van der Waals surface area contributed by atoms with Crippen LogP contribution in [0, 0.1) is 6.92 Å². The van der Waals surface area contributed by atoms with Crippen LogP contribution in [0.15, 0.2) is 23.1 Å². The zero-order valence-electron chi connectivity index (χ0n) is 12.6. The summed E-state index contributed by atoms with van der Waals surface area (Å²) in [5.41, 5.74) is 6.59. The maximum Gasteiger partial charge on any atom is 0.240 e. The zero-order chi connectivity index (χ0) is 15.4. The minimum absolute atomic E-state index is 0.218. The first-order chi connectivity index (χ1) is 9.23. The fourth-order valence-corrected chi connectivity index (χ4v) is 3.45. The van der Waals surface area contributed by atoms with E-state index in [9.17, 15) is 8.42 Å². The molecule has 0 aromatic heterocycles. The molecule has 3 N–H and O–H groups in total. The second kappa shape index (κ2) is 6.67. The molecule has 0 aliphatic carbocycles. The van der Waals surface area contributed by atoms with E-state index < -0.39 is 15.6 Å². The van der Waals surface area contributed by atoms with Crippen LogP contribution in [0.1, 0.15) is 31.9 Å². The summed E-state index contributed by atoms with van der Waals surface area (Å²) in [5, 5.41) is 0. The Morgan fingerprint density at radius 2 is 2.00 bits per heavy atom. The standard InChI is InChI=1S/C14H24N2O3S/c1-5-19-14(3,4)10-16-20(17,18)13-8-6-7-12(9-15)11(13)2/h6-8,16H,5,9-10,15H2,1-4H3. The summed E-state index contributed by atoms with van der Waals surface area (Å²) in [6.45, 7) is 8.42. The molecule has 0 saturated heterocycles. The number of nitrogens with one attached hydrogen (secondary N) is 1. The molecule has 1 aromatic carbocycles. The van der Waals surface area contributed by atoms with Crippen LogP contribution in [0.25, 0.3) is 0 Å². The lowest BCUT2D eigenvalue weighted by atomic mass is 10.1. The van der Waals surface area contributed by atoms with Crippen molar-refractivity contribution in [1.29, 1.82) is 0 Å². The van der Waals surface area contributed by atoms with Crippen LogP contribution >= 0.6 is 0 Å². The largest absolute Gasteiger partial charge is 0.375 e. The zero-order valence-corrected chi connectivity index (χ0v) is 13.4. The molecule has 0 bridgehead atoms.